The van der Waals surface area contributed by atoms with Crippen molar-refractivity contribution < 1.29 is 0 Å². The number of halogens is 1. The average Bonchev–Trinajstić information content (AvgIpc) is 2.10. The number of pyridine rings is 1. The number of nitrogens with zero attached hydrogens (tertiary/aromatic N) is 2. The molecule has 0 bridgehead atoms. The Hall–Kier alpha value is -0.570. The van der Waals surface area contributed by atoms with E-state index in [9.17, 15) is 0 Å². The highest BCUT2D eigenvalue weighted by atomic mass is 79.9. The van der Waals surface area contributed by atoms with E-state index in [4.69, 9.17) is 0 Å². The topological polar surface area (TPSA) is 16.1 Å². The van der Waals surface area contributed by atoms with Gasteiger partial charge >= 0.3 is 0 Å². The van der Waals surface area contributed by atoms with Crippen LogP contribution in [0, 0.1) is 0 Å². The molecule has 3 heteroatoms. The predicted octanol–water partition coefficient (Wildman–Crippen LogP) is 2.69. The first-order valence-electron chi connectivity index (χ1n) is 4.14. The largest absolute Gasteiger partial charge is 0.371 e. The van der Waals surface area contributed by atoms with Gasteiger partial charge in [0.15, 0.2) is 0 Å². The lowest BCUT2D eigenvalue weighted by atomic mass is 10.3. The number of rotatable bonds is 3. The monoisotopic (exact) mass is 228 g/mol. The van der Waals surface area contributed by atoms with Crippen molar-refractivity contribution >= 4 is 21.6 Å². The van der Waals surface area contributed by atoms with Crippen LogP contribution < -0.4 is 4.90 Å². The van der Waals surface area contributed by atoms with Crippen LogP contribution in [0.25, 0.3) is 0 Å². The lowest BCUT2D eigenvalue weighted by Gasteiger charge is -2.21. The Kier molecular flexibility index (Phi) is 3.53. The molecule has 0 amide bonds. The zero-order valence-electron chi connectivity index (χ0n) is 7.42. The summed E-state index contributed by atoms with van der Waals surface area (Å²) in [6.45, 7) is 6.35. The summed E-state index contributed by atoms with van der Waals surface area (Å²) in [6, 6.07) is 2.02. The number of anilines is 1. The summed E-state index contributed by atoms with van der Waals surface area (Å²) in [5.74, 6) is 0. The minimum absolute atomic E-state index is 1.03. The maximum absolute atomic E-state index is 4.02. The van der Waals surface area contributed by atoms with Crippen LogP contribution in [0.5, 0.6) is 0 Å². The van der Waals surface area contributed by atoms with E-state index in [1.54, 1.807) is 0 Å². The van der Waals surface area contributed by atoms with Crippen LogP contribution in [-0.4, -0.2) is 18.1 Å². The summed E-state index contributed by atoms with van der Waals surface area (Å²) in [7, 11) is 0. The van der Waals surface area contributed by atoms with Crippen molar-refractivity contribution in [1.29, 1.82) is 0 Å². The van der Waals surface area contributed by atoms with Gasteiger partial charge in [0.1, 0.15) is 0 Å². The molecule has 0 aromatic carbocycles. The third-order valence-corrected chi connectivity index (χ3v) is 2.47. The van der Waals surface area contributed by atoms with Crippen LogP contribution >= 0.6 is 15.9 Å². The van der Waals surface area contributed by atoms with E-state index in [1.165, 1.54) is 5.69 Å². The molecule has 0 saturated heterocycles. The highest BCUT2D eigenvalue weighted by Crippen LogP contribution is 2.23. The van der Waals surface area contributed by atoms with Gasteiger partial charge in [0, 0.05) is 25.5 Å². The van der Waals surface area contributed by atoms with E-state index in [1.807, 2.05) is 18.5 Å². The van der Waals surface area contributed by atoms with Crippen molar-refractivity contribution in [2.24, 2.45) is 0 Å². The fourth-order valence-electron chi connectivity index (χ4n) is 1.19. The highest BCUT2D eigenvalue weighted by molar-refractivity contribution is 9.10. The Labute approximate surface area is 81.7 Å². The molecule has 0 radical (unpaired) electrons. The van der Waals surface area contributed by atoms with Crippen LogP contribution in [0.1, 0.15) is 13.8 Å². The summed E-state index contributed by atoms with van der Waals surface area (Å²) >= 11 is 3.47. The van der Waals surface area contributed by atoms with E-state index >= 15 is 0 Å². The molecule has 0 spiro atoms. The molecule has 0 atom stereocenters. The fourth-order valence-corrected chi connectivity index (χ4v) is 1.69. The Bertz CT molecular complexity index is 246. The molecule has 0 unspecified atom stereocenters. The van der Waals surface area contributed by atoms with Crippen LogP contribution in [-0.2, 0) is 0 Å². The van der Waals surface area contributed by atoms with E-state index in [0.29, 0.717) is 0 Å². The van der Waals surface area contributed by atoms with Crippen LogP contribution in [0.15, 0.2) is 22.9 Å². The van der Waals surface area contributed by atoms with E-state index in [0.717, 1.165) is 17.6 Å². The third kappa shape index (κ3) is 1.97. The van der Waals surface area contributed by atoms with Crippen molar-refractivity contribution in [3.8, 4) is 0 Å². The van der Waals surface area contributed by atoms with Crippen molar-refractivity contribution in [2.75, 3.05) is 18.0 Å². The third-order valence-electron chi connectivity index (χ3n) is 1.86. The first-order valence-corrected chi connectivity index (χ1v) is 4.93. The predicted molar refractivity (Wildman–Crippen MR) is 55.5 cm³/mol. The molecule has 1 heterocycles. The van der Waals surface area contributed by atoms with Gasteiger partial charge in [0.2, 0.25) is 0 Å². The maximum atomic E-state index is 4.02. The molecule has 0 fully saturated rings. The second-order valence-electron chi connectivity index (χ2n) is 2.50. The van der Waals surface area contributed by atoms with E-state index in [-0.39, 0.29) is 0 Å². The van der Waals surface area contributed by atoms with Gasteiger partial charge in [0.25, 0.3) is 0 Å². The first kappa shape index (κ1) is 9.52. The van der Waals surface area contributed by atoms with Crippen LogP contribution in [0.3, 0.4) is 0 Å². The van der Waals surface area contributed by atoms with E-state index in [2.05, 4.69) is 39.7 Å². The van der Waals surface area contributed by atoms with Gasteiger partial charge in [-0.1, -0.05) is 0 Å². The Morgan fingerprint density at radius 2 is 2.08 bits per heavy atom. The quantitative estimate of drug-likeness (QED) is 0.792. The molecule has 1 aromatic heterocycles. The molecule has 0 aliphatic carbocycles. The smallest absolute Gasteiger partial charge is 0.0592 e. The van der Waals surface area contributed by atoms with E-state index < -0.39 is 0 Å². The molecule has 0 N–H and O–H groups in total. The summed E-state index contributed by atoms with van der Waals surface area (Å²) < 4.78 is 1.06. The minimum atomic E-state index is 1.03. The number of hydrogen-bond donors (Lipinski definition) is 0. The highest BCUT2D eigenvalue weighted by Gasteiger charge is 2.04. The zero-order valence-corrected chi connectivity index (χ0v) is 9.00. The molecule has 66 valence electrons. The molecule has 0 aliphatic heterocycles. The molecular weight excluding hydrogens is 216 g/mol. The van der Waals surface area contributed by atoms with Gasteiger partial charge in [-0.15, -0.1) is 0 Å². The van der Waals surface area contributed by atoms with Crippen LogP contribution in [0.2, 0.25) is 0 Å². The lowest BCUT2D eigenvalue weighted by Crippen LogP contribution is -2.22. The maximum Gasteiger partial charge on any atom is 0.0592 e. The van der Waals surface area contributed by atoms with Crippen molar-refractivity contribution in [2.45, 2.75) is 13.8 Å². The Morgan fingerprint density at radius 3 is 2.58 bits per heavy atom. The van der Waals surface area contributed by atoms with Gasteiger partial charge < -0.3 is 4.90 Å². The van der Waals surface area contributed by atoms with Gasteiger partial charge in [-0.3, -0.25) is 4.98 Å². The van der Waals surface area contributed by atoms with Crippen molar-refractivity contribution in [3.63, 3.8) is 0 Å². The van der Waals surface area contributed by atoms with Crippen LogP contribution in [0.4, 0.5) is 5.69 Å². The summed E-state index contributed by atoms with van der Waals surface area (Å²) in [4.78, 5) is 6.31. The second-order valence-corrected chi connectivity index (χ2v) is 3.35. The van der Waals surface area contributed by atoms with Gasteiger partial charge in [0.05, 0.1) is 10.2 Å². The van der Waals surface area contributed by atoms with Gasteiger partial charge in [-0.25, -0.2) is 0 Å². The van der Waals surface area contributed by atoms with Gasteiger partial charge in [-0.2, -0.15) is 0 Å². The van der Waals surface area contributed by atoms with Crippen molar-refractivity contribution in [3.05, 3.63) is 22.9 Å². The number of hydrogen-bond acceptors (Lipinski definition) is 2. The zero-order chi connectivity index (χ0) is 8.97. The molecule has 0 aliphatic rings. The second kappa shape index (κ2) is 4.45. The molecule has 12 heavy (non-hydrogen) atoms. The normalized spacial score (nSPS) is 9.92. The standard InChI is InChI=1S/C9H13BrN2/c1-3-12(4-2)9-5-6-11-7-8(9)10/h5-7H,3-4H2,1-2H3. The van der Waals surface area contributed by atoms with Crippen molar-refractivity contribution in [1.82, 2.24) is 4.98 Å². The Balaban J connectivity index is 2.92. The molecule has 1 rings (SSSR count). The summed E-state index contributed by atoms with van der Waals surface area (Å²) in [6.07, 6.45) is 3.64. The fraction of sp³-hybridized carbons (Fsp3) is 0.444. The first-order chi connectivity index (χ1) is 5.79. The molecule has 0 saturated carbocycles. The Morgan fingerprint density at radius 1 is 1.42 bits per heavy atom. The minimum Gasteiger partial charge on any atom is -0.371 e. The number of aromatic nitrogens is 1. The summed E-state index contributed by atoms with van der Waals surface area (Å²) in [5.41, 5.74) is 1.22. The average molecular weight is 229 g/mol. The SMILES string of the molecule is CCN(CC)c1ccncc1Br. The van der Waals surface area contributed by atoms with Gasteiger partial charge in [-0.05, 0) is 35.8 Å². The molecular formula is C9H13BrN2. The lowest BCUT2D eigenvalue weighted by molar-refractivity contribution is 0.862. The molecule has 2 nitrogen and oxygen atoms in total. The molecule has 1 aromatic rings. The summed E-state index contributed by atoms with van der Waals surface area (Å²) in [5, 5.41) is 0.